The standard InChI is InChI=1S/C22H18F3N5O2/c1-12-6-14(18(32)10-31)8-27-20(12)13-2-4-16-17(7-13)28-11-29-21(16)30-19-5-3-15(9-26-19)22(23,24)25/h2-9,11,18,31-32H,10H2,1H3,(H,26,28,29,30)/t18-/m0/s1. The van der Waals surface area contributed by atoms with Crippen molar-refractivity contribution in [2.75, 3.05) is 11.9 Å². The molecule has 1 atom stereocenters. The van der Waals surface area contributed by atoms with E-state index >= 15 is 0 Å². The molecule has 0 aliphatic rings. The van der Waals surface area contributed by atoms with E-state index in [-0.39, 0.29) is 5.82 Å². The van der Waals surface area contributed by atoms with Crippen molar-refractivity contribution in [3.63, 3.8) is 0 Å². The molecule has 0 saturated carbocycles. The molecule has 0 fully saturated rings. The number of alkyl halides is 3. The summed E-state index contributed by atoms with van der Waals surface area (Å²) in [6.07, 6.45) is -1.83. The van der Waals surface area contributed by atoms with Gasteiger partial charge in [-0.15, -0.1) is 0 Å². The highest BCUT2D eigenvalue weighted by Gasteiger charge is 2.30. The highest BCUT2D eigenvalue weighted by atomic mass is 19.4. The van der Waals surface area contributed by atoms with E-state index in [4.69, 9.17) is 5.11 Å². The van der Waals surface area contributed by atoms with E-state index < -0.39 is 24.5 Å². The molecule has 0 aliphatic carbocycles. The average Bonchev–Trinajstić information content (AvgIpc) is 2.78. The first kappa shape index (κ1) is 21.6. The number of fused-ring (bicyclic) bond motifs is 1. The lowest BCUT2D eigenvalue weighted by atomic mass is 10.0. The zero-order valence-electron chi connectivity index (χ0n) is 16.8. The van der Waals surface area contributed by atoms with Gasteiger partial charge in [-0.25, -0.2) is 15.0 Å². The van der Waals surface area contributed by atoms with Gasteiger partial charge in [0.05, 0.1) is 23.4 Å². The number of rotatable bonds is 5. The summed E-state index contributed by atoms with van der Waals surface area (Å²) in [4.78, 5) is 16.7. The highest BCUT2D eigenvalue weighted by molar-refractivity contribution is 5.93. The van der Waals surface area contributed by atoms with Crippen LogP contribution in [0.1, 0.15) is 22.8 Å². The quantitative estimate of drug-likeness (QED) is 0.427. The molecule has 7 nitrogen and oxygen atoms in total. The molecule has 10 heteroatoms. The van der Waals surface area contributed by atoms with Gasteiger partial charge in [-0.2, -0.15) is 13.2 Å². The third kappa shape index (κ3) is 4.36. The molecule has 0 spiro atoms. The molecule has 0 saturated heterocycles. The van der Waals surface area contributed by atoms with Gasteiger partial charge in [0.15, 0.2) is 0 Å². The lowest BCUT2D eigenvalue weighted by Gasteiger charge is -2.12. The summed E-state index contributed by atoms with van der Waals surface area (Å²) in [7, 11) is 0. The van der Waals surface area contributed by atoms with Gasteiger partial charge in [-0.1, -0.05) is 6.07 Å². The van der Waals surface area contributed by atoms with Crippen molar-refractivity contribution in [3.05, 3.63) is 71.8 Å². The Morgan fingerprint density at radius 1 is 1.00 bits per heavy atom. The van der Waals surface area contributed by atoms with Gasteiger partial charge in [0, 0.05) is 28.9 Å². The number of aromatic nitrogens is 4. The summed E-state index contributed by atoms with van der Waals surface area (Å²) in [5.74, 6) is 0.623. The molecular formula is C22H18F3N5O2. The second-order valence-electron chi connectivity index (χ2n) is 7.14. The van der Waals surface area contributed by atoms with E-state index in [2.05, 4.69) is 25.3 Å². The van der Waals surface area contributed by atoms with Crippen LogP contribution >= 0.6 is 0 Å². The number of aliphatic hydroxyl groups excluding tert-OH is 2. The molecule has 32 heavy (non-hydrogen) atoms. The van der Waals surface area contributed by atoms with Crippen LogP contribution in [0.15, 0.2) is 55.1 Å². The van der Waals surface area contributed by atoms with Crippen molar-refractivity contribution in [3.8, 4) is 11.3 Å². The normalized spacial score (nSPS) is 12.7. The van der Waals surface area contributed by atoms with Gasteiger partial charge in [-0.05, 0) is 42.8 Å². The minimum Gasteiger partial charge on any atom is -0.393 e. The summed E-state index contributed by atoms with van der Waals surface area (Å²) in [5.41, 5.74) is 2.59. The molecule has 164 valence electrons. The van der Waals surface area contributed by atoms with Crippen molar-refractivity contribution >= 4 is 22.5 Å². The predicted octanol–water partition coefficient (Wildman–Crippen LogP) is 4.18. The van der Waals surface area contributed by atoms with Crippen molar-refractivity contribution < 1.29 is 23.4 Å². The van der Waals surface area contributed by atoms with Crippen LogP contribution in [0, 0.1) is 6.92 Å². The second kappa shape index (κ2) is 8.48. The third-order valence-electron chi connectivity index (χ3n) is 4.90. The Morgan fingerprint density at radius 2 is 1.81 bits per heavy atom. The van der Waals surface area contributed by atoms with Crippen molar-refractivity contribution in [2.45, 2.75) is 19.2 Å². The Balaban J connectivity index is 1.64. The first-order chi connectivity index (χ1) is 15.3. The lowest BCUT2D eigenvalue weighted by molar-refractivity contribution is -0.137. The van der Waals surface area contributed by atoms with E-state index in [0.717, 1.165) is 23.4 Å². The largest absolute Gasteiger partial charge is 0.417 e. The fourth-order valence-corrected chi connectivity index (χ4v) is 3.25. The molecule has 4 aromatic rings. The number of halogens is 3. The third-order valence-corrected chi connectivity index (χ3v) is 4.90. The lowest BCUT2D eigenvalue weighted by Crippen LogP contribution is -2.06. The maximum absolute atomic E-state index is 12.7. The van der Waals surface area contributed by atoms with Crippen LogP contribution in [-0.2, 0) is 6.18 Å². The van der Waals surface area contributed by atoms with Crippen LogP contribution < -0.4 is 5.32 Å². The molecule has 0 radical (unpaired) electrons. The molecule has 0 aliphatic heterocycles. The molecule has 3 heterocycles. The minimum absolute atomic E-state index is 0.220. The topological polar surface area (TPSA) is 104 Å². The van der Waals surface area contributed by atoms with Gasteiger partial charge in [-0.3, -0.25) is 4.98 Å². The number of hydrogen-bond donors (Lipinski definition) is 3. The summed E-state index contributed by atoms with van der Waals surface area (Å²) < 4.78 is 38.2. The average molecular weight is 441 g/mol. The SMILES string of the molecule is Cc1cc([C@@H](O)CO)cnc1-c1ccc2c(Nc3ccc(C(F)(F)F)cn3)ncnc2c1. The fourth-order valence-electron chi connectivity index (χ4n) is 3.25. The molecular weight excluding hydrogens is 423 g/mol. The first-order valence-corrected chi connectivity index (χ1v) is 9.57. The van der Waals surface area contributed by atoms with Crippen LogP contribution in [0.4, 0.5) is 24.8 Å². The van der Waals surface area contributed by atoms with Crippen LogP contribution in [0.5, 0.6) is 0 Å². The smallest absolute Gasteiger partial charge is 0.393 e. The van der Waals surface area contributed by atoms with Crippen molar-refractivity contribution in [1.82, 2.24) is 19.9 Å². The van der Waals surface area contributed by atoms with Crippen LogP contribution in [0.2, 0.25) is 0 Å². The van der Waals surface area contributed by atoms with Gasteiger partial charge < -0.3 is 15.5 Å². The molecule has 0 unspecified atom stereocenters. The number of hydrogen-bond acceptors (Lipinski definition) is 7. The Labute approximate surface area is 180 Å². The Bertz CT molecular complexity index is 1260. The summed E-state index contributed by atoms with van der Waals surface area (Å²) in [5, 5.41) is 22.5. The van der Waals surface area contributed by atoms with Crippen LogP contribution in [0.25, 0.3) is 22.2 Å². The zero-order chi connectivity index (χ0) is 22.9. The van der Waals surface area contributed by atoms with Gasteiger partial charge >= 0.3 is 6.18 Å². The Kier molecular flexibility index (Phi) is 5.72. The molecule has 4 rings (SSSR count). The molecule has 3 N–H and O–H groups in total. The maximum atomic E-state index is 12.7. The highest BCUT2D eigenvalue weighted by Crippen LogP contribution is 2.31. The first-order valence-electron chi connectivity index (χ1n) is 9.57. The van der Waals surface area contributed by atoms with E-state index in [1.54, 1.807) is 12.1 Å². The number of nitrogens with one attached hydrogen (secondary N) is 1. The maximum Gasteiger partial charge on any atom is 0.417 e. The number of benzene rings is 1. The molecule has 1 aromatic carbocycles. The van der Waals surface area contributed by atoms with Gasteiger partial charge in [0.2, 0.25) is 0 Å². The van der Waals surface area contributed by atoms with Crippen LogP contribution in [-0.4, -0.2) is 36.8 Å². The number of aliphatic hydroxyl groups is 2. The minimum atomic E-state index is -4.45. The van der Waals surface area contributed by atoms with E-state index in [9.17, 15) is 18.3 Å². The van der Waals surface area contributed by atoms with E-state index in [1.807, 2.05) is 19.1 Å². The molecule has 0 bridgehead atoms. The summed E-state index contributed by atoms with van der Waals surface area (Å²) >= 11 is 0. The van der Waals surface area contributed by atoms with E-state index in [1.165, 1.54) is 18.6 Å². The molecule has 3 aromatic heterocycles. The summed E-state index contributed by atoms with van der Waals surface area (Å²) in [6.45, 7) is 1.46. The van der Waals surface area contributed by atoms with Gasteiger partial charge in [0.1, 0.15) is 24.1 Å². The van der Waals surface area contributed by atoms with Crippen molar-refractivity contribution in [1.29, 1.82) is 0 Å². The van der Waals surface area contributed by atoms with E-state index in [0.29, 0.717) is 28.0 Å². The number of aryl methyl sites for hydroxylation is 1. The van der Waals surface area contributed by atoms with Crippen LogP contribution in [0.3, 0.4) is 0 Å². The number of nitrogens with zero attached hydrogens (tertiary/aromatic N) is 4. The number of anilines is 2. The Morgan fingerprint density at radius 3 is 2.47 bits per heavy atom. The zero-order valence-corrected chi connectivity index (χ0v) is 16.8. The monoisotopic (exact) mass is 441 g/mol. The summed E-state index contributed by atoms with van der Waals surface area (Å²) in [6, 6.07) is 9.38. The predicted molar refractivity (Wildman–Crippen MR) is 112 cm³/mol. The number of pyridine rings is 2. The Hall–Kier alpha value is -3.63. The fraction of sp³-hybridized carbons (Fsp3) is 0.182. The van der Waals surface area contributed by atoms with Gasteiger partial charge in [0.25, 0.3) is 0 Å². The van der Waals surface area contributed by atoms with Crippen molar-refractivity contribution in [2.24, 2.45) is 0 Å². The molecule has 0 amide bonds. The second-order valence-corrected chi connectivity index (χ2v) is 7.14.